The Morgan fingerprint density at radius 2 is 1.74 bits per heavy atom. The van der Waals surface area contributed by atoms with E-state index in [0.717, 1.165) is 65.1 Å². The van der Waals surface area contributed by atoms with Gasteiger partial charge in [0.2, 0.25) is 0 Å². The first-order chi connectivity index (χ1) is 15.3. The number of rotatable bonds is 3. The van der Waals surface area contributed by atoms with Gasteiger partial charge >= 0.3 is 0 Å². The number of aromatic amines is 2. The molecule has 31 heavy (non-hydrogen) atoms. The molecule has 6 rings (SSSR count). The number of pyridine rings is 1. The fourth-order valence-electron chi connectivity index (χ4n) is 4.52. The van der Waals surface area contributed by atoms with Crippen LogP contribution in [0.3, 0.4) is 0 Å². The number of hydrogen-bond donors (Lipinski definition) is 2. The van der Waals surface area contributed by atoms with E-state index in [1.807, 2.05) is 12.3 Å². The number of nitrogens with one attached hydrogen (secondary N) is 2. The lowest BCUT2D eigenvalue weighted by molar-refractivity contribution is 0.313. The highest BCUT2D eigenvalue weighted by atomic mass is 15.2. The number of nitrogens with zero attached hydrogens (tertiary/aromatic N) is 4. The molecule has 0 atom stereocenters. The molecule has 4 heterocycles. The van der Waals surface area contributed by atoms with Crippen LogP contribution in [-0.4, -0.2) is 58.3 Å². The molecule has 1 fully saturated rings. The largest absolute Gasteiger partial charge is 0.368 e. The molecule has 2 aromatic carbocycles. The maximum Gasteiger partial charge on any atom is 0.116 e. The van der Waals surface area contributed by atoms with E-state index in [0.29, 0.717) is 0 Å². The highest BCUT2D eigenvalue weighted by Gasteiger charge is 2.18. The predicted molar refractivity (Wildman–Crippen MR) is 126 cm³/mol. The number of anilines is 1. The van der Waals surface area contributed by atoms with Crippen LogP contribution in [-0.2, 0) is 0 Å². The van der Waals surface area contributed by atoms with Crippen molar-refractivity contribution in [1.29, 1.82) is 0 Å². The van der Waals surface area contributed by atoms with Crippen LogP contribution in [0.2, 0.25) is 0 Å². The number of likely N-dealkylation sites (N-methyl/N-ethyl adjacent to an activating group) is 1. The van der Waals surface area contributed by atoms with Crippen molar-refractivity contribution in [2.24, 2.45) is 0 Å². The Hall–Kier alpha value is -3.64. The summed E-state index contributed by atoms with van der Waals surface area (Å²) in [7, 11) is 2.19. The molecular weight excluding hydrogens is 384 g/mol. The minimum absolute atomic E-state index is 0.946. The Labute approximate surface area is 180 Å². The highest BCUT2D eigenvalue weighted by Crippen LogP contribution is 2.35. The van der Waals surface area contributed by atoms with E-state index < -0.39 is 0 Å². The SMILES string of the molecule is CN1CCN(c2cccc3[nH]c(-c4n[nH]c5ccc(-c6cccnc6)cc45)cc23)CC1. The zero-order valence-corrected chi connectivity index (χ0v) is 17.5. The van der Waals surface area contributed by atoms with Gasteiger partial charge in [0.15, 0.2) is 0 Å². The van der Waals surface area contributed by atoms with E-state index in [4.69, 9.17) is 0 Å². The van der Waals surface area contributed by atoms with Crippen LogP contribution in [0.15, 0.2) is 67.0 Å². The summed E-state index contributed by atoms with van der Waals surface area (Å²) in [5.74, 6) is 0. The van der Waals surface area contributed by atoms with Crippen LogP contribution in [0.1, 0.15) is 0 Å². The second-order valence-electron chi connectivity index (χ2n) is 8.29. The standard InChI is InChI=1S/C25H24N6/c1-30-10-12-31(13-11-30)24-6-2-5-21-19(24)15-23(27-21)25-20-14-17(7-8-22(20)28-29-25)18-4-3-9-26-16-18/h2-9,14-16,27H,10-13H2,1H3,(H,28,29). The van der Waals surface area contributed by atoms with E-state index >= 15 is 0 Å². The smallest absolute Gasteiger partial charge is 0.116 e. The molecule has 154 valence electrons. The molecule has 6 nitrogen and oxygen atoms in total. The summed E-state index contributed by atoms with van der Waals surface area (Å²) in [5, 5.41) is 10.2. The van der Waals surface area contributed by atoms with Crippen LogP contribution in [0.4, 0.5) is 5.69 Å². The van der Waals surface area contributed by atoms with Crippen LogP contribution < -0.4 is 4.90 Å². The quantitative estimate of drug-likeness (QED) is 0.461. The van der Waals surface area contributed by atoms with Gasteiger partial charge in [-0.25, -0.2) is 0 Å². The van der Waals surface area contributed by atoms with Gasteiger partial charge in [0.05, 0.1) is 11.2 Å². The van der Waals surface area contributed by atoms with Gasteiger partial charge in [-0.2, -0.15) is 5.10 Å². The molecule has 2 N–H and O–H groups in total. The summed E-state index contributed by atoms with van der Waals surface area (Å²) in [4.78, 5) is 12.7. The molecule has 1 saturated heterocycles. The van der Waals surface area contributed by atoms with Crippen LogP contribution in [0.5, 0.6) is 0 Å². The first-order valence-electron chi connectivity index (χ1n) is 10.7. The molecule has 0 spiro atoms. The molecule has 0 bridgehead atoms. The third kappa shape index (κ3) is 3.16. The van der Waals surface area contributed by atoms with Crippen LogP contribution in [0, 0.1) is 0 Å². The maximum atomic E-state index is 4.66. The summed E-state index contributed by atoms with van der Waals surface area (Å²) in [6.07, 6.45) is 3.69. The highest BCUT2D eigenvalue weighted by molar-refractivity contribution is 6.00. The molecule has 1 aliphatic heterocycles. The van der Waals surface area contributed by atoms with Crippen molar-refractivity contribution in [3.63, 3.8) is 0 Å². The summed E-state index contributed by atoms with van der Waals surface area (Å²) >= 11 is 0. The lowest BCUT2D eigenvalue weighted by Crippen LogP contribution is -2.44. The van der Waals surface area contributed by atoms with Crippen molar-refractivity contribution in [3.05, 3.63) is 67.0 Å². The van der Waals surface area contributed by atoms with E-state index in [2.05, 4.69) is 85.5 Å². The molecule has 0 saturated carbocycles. The van der Waals surface area contributed by atoms with Gasteiger partial charge in [0.1, 0.15) is 5.69 Å². The number of hydrogen-bond acceptors (Lipinski definition) is 4. The average Bonchev–Trinajstić information content (AvgIpc) is 3.43. The van der Waals surface area contributed by atoms with Gasteiger partial charge in [-0.3, -0.25) is 10.1 Å². The normalized spacial score (nSPS) is 15.2. The molecule has 0 aliphatic carbocycles. The van der Waals surface area contributed by atoms with Crippen molar-refractivity contribution in [1.82, 2.24) is 25.1 Å². The van der Waals surface area contributed by atoms with Gasteiger partial charge < -0.3 is 14.8 Å². The van der Waals surface area contributed by atoms with Gasteiger partial charge in [0, 0.05) is 66.1 Å². The van der Waals surface area contributed by atoms with Gasteiger partial charge in [-0.05, 0) is 49.0 Å². The van der Waals surface area contributed by atoms with Gasteiger partial charge in [-0.1, -0.05) is 18.2 Å². The first kappa shape index (κ1) is 18.2. The van der Waals surface area contributed by atoms with Crippen molar-refractivity contribution in [2.45, 2.75) is 0 Å². The number of fused-ring (bicyclic) bond motifs is 2. The minimum atomic E-state index is 0.946. The number of piperazine rings is 1. The topological polar surface area (TPSA) is 63.8 Å². The van der Waals surface area contributed by atoms with E-state index in [1.54, 1.807) is 6.20 Å². The lowest BCUT2D eigenvalue weighted by atomic mass is 10.0. The zero-order valence-electron chi connectivity index (χ0n) is 17.5. The van der Waals surface area contributed by atoms with E-state index in [-0.39, 0.29) is 0 Å². The Bertz CT molecular complexity index is 1360. The van der Waals surface area contributed by atoms with E-state index in [9.17, 15) is 0 Å². The zero-order chi connectivity index (χ0) is 20.8. The minimum Gasteiger partial charge on any atom is -0.368 e. The summed E-state index contributed by atoms with van der Waals surface area (Å²) in [6, 6.07) is 19.2. The van der Waals surface area contributed by atoms with Gasteiger partial charge in [0.25, 0.3) is 0 Å². The number of aromatic nitrogens is 4. The van der Waals surface area contributed by atoms with Crippen molar-refractivity contribution < 1.29 is 0 Å². The molecular formula is C25H24N6. The van der Waals surface area contributed by atoms with E-state index in [1.165, 1.54) is 11.1 Å². The fourth-order valence-corrected chi connectivity index (χ4v) is 4.52. The van der Waals surface area contributed by atoms with Crippen LogP contribution in [0.25, 0.3) is 44.3 Å². The average molecular weight is 409 g/mol. The molecule has 3 aromatic heterocycles. The molecule has 5 aromatic rings. The molecule has 0 radical (unpaired) electrons. The van der Waals surface area contributed by atoms with Crippen LogP contribution >= 0.6 is 0 Å². The van der Waals surface area contributed by atoms with Crippen molar-refractivity contribution in [3.8, 4) is 22.5 Å². The number of benzene rings is 2. The monoisotopic (exact) mass is 408 g/mol. The summed E-state index contributed by atoms with van der Waals surface area (Å²) in [6.45, 7) is 4.29. The predicted octanol–water partition coefficient (Wildman–Crippen LogP) is 4.53. The molecule has 0 unspecified atom stereocenters. The summed E-state index contributed by atoms with van der Waals surface area (Å²) in [5.41, 5.74) is 7.69. The maximum absolute atomic E-state index is 4.66. The molecule has 0 amide bonds. The summed E-state index contributed by atoms with van der Waals surface area (Å²) < 4.78 is 0. The number of H-pyrrole nitrogens is 2. The Morgan fingerprint density at radius 1 is 0.839 bits per heavy atom. The third-order valence-corrected chi connectivity index (χ3v) is 6.30. The Kier molecular flexibility index (Phi) is 4.25. The second kappa shape index (κ2) is 7.25. The Balaban J connectivity index is 1.44. The second-order valence-corrected chi connectivity index (χ2v) is 8.29. The fraction of sp³-hybridized carbons (Fsp3) is 0.200. The Morgan fingerprint density at radius 3 is 2.58 bits per heavy atom. The van der Waals surface area contributed by atoms with Crippen molar-refractivity contribution in [2.75, 3.05) is 38.1 Å². The van der Waals surface area contributed by atoms with Gasteiger partial charge in [-0.15, -0.1) is 0 Å². The third-order valence-electron chi connectivity index (χ3n) is 6.30. The lowest BCUT2D eigenvalue weighted by Gasteiger charge is -2.34. The molecule has 6 heteroatoms. The molecule has 1 aliphatic rings. The first-order valence-corrected chi connectivity index (χ1v) is 10.7. The van der Waals surface area contributed by atoms with Crippen molar-refractivity contribution >= 4 is 27.5 Å².